The molecule has 102 valence electrons. The second-order valence-corrected chi connectivity index (χ2v) is 4.05. The van der Waals surface area contributed by atoms with Gasteiger partial charge in [-0.15, -0.1) is 0 Å². The molecule has 2 aromatic carbocycles. The SMILES string of the molecule is [2H]c1ccc(C(=O)/C(OC)=C(\OC)c2ccccc2)cc1. The van der Waals surface area contributed by atoms with Gasteiger partial charge in [0.2, 0.25) is 11.5 Å². The number of ketones is 1. The average Bonchev–Trinajstić information content (AvgIpc) is 2.53. The van der Waals surface area contributed by atoms with E-state index in [2.05, 4.69) is 0 Å². The van der Waals surface area contributed by atoms with E-state index in [-0.39, 0.29) is 11.5 Å². The van der Waals surface area contributed by atoms with Crippen LogP contribution in [0.25, 0.3) is 5.76 Å². The molecule has 0 aliphatic heterocycles. The molecule has 0 fully saturated rings. The Kier molecular flexibility index (Phi) is 4.10. The highest BCUT2D eigenvalue weighted by molar-refractivity contribution is 6.11. The number of methoxy groups -OCH3 is 2. The van der Waals surface area contributed by atoms with Gasteiger partial charge >= 0.3 is 0 Å². The first-order valence-corrected chi connectivity index (χ1v) is 6.16. The summed E-state index contributed by atoms with van der Waals surface area (Å²) in [6.45, 7) is 0. The zero-order valence-corrected chi connectivity index (χ0v) is 11.4. The van der Waals surface area contributed by atoms with Crippen molar-refractivity contribution in [2.24, 2.45) is 0 Å². The van der Waals surface area contributed by atoms with Crippen molar-refractivity contribution >= 4 is 11.5 Å². The Morgan fingerprint density at radius 2 is 1.50 bits per heavy atom. The number of hydrogen-bond donors (Lipinski definition) is 0. The summed E-state index contributed by atoms with van der Waals surface area (Å²) in [6, 6.07) is 16.0. The van der Waals surface area contributed by atoms with Crippen molar-refractivity contribution in [1.82, 2.24) is 0 Å². The summed E-state index contributed by atoms with van der Waals surface area (Å²) >= 11 is 0. The van der Waals surface area contributed by atoms with Crippen LogP contribution >= 0.6 is 0 Å². The molecule has 0 unspecified atom stereocenters. The molecule has 0 spiro atoms. The first-order valence-electron chi connectivity index (χ1n) is 6.66. The Morgan fingerprint density at radius 3 is 2.05 bits per heavy atom. The molecule has 0 heterocycles. The van der Waals surface area contributed by atoms with Gasteiger partial charge in [0.25, 0.3) is 0 Å². The first-order chi connectivity index (χ1) is 10.2. The molecule has 20 heavy (non-hydrogen) atoms. The summed E-state index contributed by atoms with van der Waals surface area (Å²) in [5, 5.41) is 0. The normalized spacial score (nSPS) is 12.2. The molecule has 0 saturated carbocycles. The number of hydrogen-bond acceptors (Lipinski definition) is 3. The van der Waals surface area contributed by atoms with E-state index in [1.54, 1.807) is 24.3 Å². The molecule has 0 saturated heterocycles. The lowest BCUT2D eigenvalue weighted by Crippen LogP contribution is -2.09. The lowest BCUT2D eigenvalue weighted by atomic mass is 10.1. The molecule has 0 atom stereocenters. The van der Waals surface area contributed by atoms with Gasteiger partial charge in [0.05, 0.1) is 15.6 Å². The second-order valence-electron chi connectivity index (χ2n) is 4.05. The predicted octanol–water partition coefficient (Wildman–Crippen LogP) is 3.53. The van der Waals surface area contributed by atoms with Gasteiger partial charge in [-0.05, 0) is 0 Å². The molecule has 2 aromatic rings. The largest absolute Gasteiger partial charge is 0.492 e. The van der Waals surface area contributed by atoms with Crippen LogP contribution in [0.3, 0.4) is 0 Å². The summed E-state index contributed by atoms with van der Waals surface area (Å²) in [6.07, 6.45) is 0. The van der Waals surface area contributed by atoms with E-state index in [4.69, 9.17) is 10.8 Å². The molecule has 0 amide bonds. The fourth-order valence-corrected chi connectivity index (χ4v) is 1.89. The number of ether oxygens (including phenoxy) is 2. The highest BCUT2D eigenvalue weighted by Crippen LogP contribution is 2.22. The maximum absolute atomic E-state index is 12.5. The molecule has 2 rings (SSSR count). The number of carbonyl (C=O) groups excluding carboxylic acids is 1. The van der Waals surface area contributed by atoms with Crippen LogP contribution in [0.1, 0.15) is 17.3 Å². The second kappa shape index (κ2) is 6.57. The lowest BCUT2D eigenvalue weighted by Gasteiger charge is -2.12. The minimum atomic E-state index is -0.279. The third kappa shape index (κ3) is 2.88. The van der Waals surface area contributed by atoms with Gasteiger partial charge in [0.1, 0.15) is 0 Å². The maximum Gasteiger partial charge on any atom is 0.231 e. The van der Waals surface area contributed by atoms with E-state index in [0.29, 0.717) is 17.4 Å². The Morgan fingerprint density at radius 1 is 0.900 bits per heavy atom. The highest BCUT2D eigenvalue weighted by Gasteiger charge is 2.20. The van der Waals surface area contributed by atoms with E-state index in [9.17, 15) is 4.79 Å². The minimum Gasteiger partial charge on any atom is -0.492 e. The summed E-state index contributed by atoms with van der Waals surface area (Å²) in [4.78, 5) is 12.5. The van der Waals surface area contributed by atoms with Crippen molar-refractivity contribution in [2.75, 3.05) is 14.2 Å². The highest BCUT2D eigenvalue weighted by atomic mass is 16.5. The molecular weight excluding hydrogens is 252 g/mol. The lowest BCUT2D eigenvalue weighted by molar-refractivity contribution is 0.0947. The van der Waals surface area contributed by atoms with E-state index in [1.165, 1.54) is 14.2 Å². The number of carbonyl (C=O) groups is 1. The third-order valence-electron chi connectivity index (χ3n) is 2.84. The van der Waals surface area contributed by atoms with Gasteiger partial charge in [0, 0.05) is 11.1 Å². The van der Waals surface area contributed by atoms with Gasteiger partial charge < -0.3 is 9.47 Å². The molecule has 0 radical (unpaired) electrons. The maximum atomic E-state index is 12.5. The fraction of sp³-hybridized carbons (Fsp3) is 0.118. The van der Waals surface area contributed by atoms with E-state index in [0.717, 1.165) is 5.56 Å². The zero-order valence-electron chi connectivity index (χ0n) is 12.4. The number of allylic oxidation sites excluding steroid dienone is 1. The third-order valence-corrected chi connectivity index (χ3v) is 2.84. The molecule has 3 heteroatoms. The Labute approximate surface area is 119 Å². The van der Waals surface area contributed by atoms with Crippen LogP contribution in [0.4, 0.5) is 0 Å². The number of Topliss-reactive ketones (excluding diaryl/α,β-unsaturated/α-hetero) is 1. The van der Waals surface area contributed by atoms with Gasteiger partial charge in [-0.1, -0.05) is 60.6 Å². The average molecular weight is 269 g/mol. The predicted molar refractivity (Wildman–Crippen MR) is 78.2 cm³/mol. The van der Waals surface area contributed by atoms with Crippen LogP contribution in [0.15, 0.2) is 66.4 Å². The van der Waals surface area contributed by atoms with Crippen molar-refractivity contribution in [1.29, 1.82) is 0 Å². The molecular formula is C17H16O3. The van der Waals surface area contributed by atoms with E-state index in [1.807, 2.05) is 30.3 Å². The number of benzene rings is 2. The molecule has 0 aliphatic rings. The molecule has 0 aliphatic carbocycles. The smallest absolute Gasteiger partial charge is 0.231 e. The summed E-state index contributed by atoms with van der Waals surface area (Å²) in [5.74, 6) is 0.248. The summed E-state index contributed by atoms with van der Waals surface area (Å²) < 4.78 is 18.1. The fourth-order valence-electron chi connectivity index (χ4n) is 1.89. The van der Waals surface area contributed by atoms with Crippen LogP contribution in [0.2, 0.25) is 0 Å². The van der Waals surface area contributed by atoms with E-state index >= 15 is 0 Å². The van der Waals surface area contributed by atoms with Crippen LogP contribution in [-0.2, 0) is 9.47 Å². The summed E-state index contributed by atoms with van der Waals surface area (Å²) in [7, 11) is 2.94. The van der Waals surface area contributed by atoms with Crippen molar-refractivity contribution < 1.29 is 15.6 Å². The quantitative estimate of drug-likeness (QED) is 0.473. The molecule has 0 aromatic heterocycles. The molecule has 0 N–H and O–H groups in total. The van der Waals surface area contributed by atoms with Gasteiger partial charge in [-0.2, -0.15) is 0 Å². The monoisotopic (exact) mass is 269 g/mol. The van der Waals surface area contributed by atoms with Crippen molar-refractivity contribution in [3.05, 3.63) is 77.5 Å². The van der Waals surface area contributed by atoms with Crippen molar-refractivity contribution in [2.45, 2.75) is 0 Å². The summed E-state index contributed by atoms with van der Waals surface area (Å²) in [5.41, 5.74) is 1.22. The van der Waals surface area contributed by atoms with Crippen LogP contribution in [-0.4, -0.2) is 20.0 Å². The Hall–Kier alpha value is -2.55. The van der Waals surface area contributed by atoms with Gasteiger partial charge in [-0.25, -0.2) is 0 Å². The van der Waals surface area contributed by atoms with Gasteiger partial charge in [0.15, 0.2) is 5.76 Å². The van der Waals surface area contributed by atoms with Crippen LogP contribution in [0, 0.1) is 0 Å². The van der Waals surface area contributed by atoms with E-state index < -0.39 is 0 Å². The molecule has 0 bridgehead atoms. The van der Waals surface area contributed by atoms with Gasteiger partial charge in [-0.3, -0.25) is 4.79 Å². The standard InChI is InChI=1S/C17H16O3/c1-19-16(14-11-7-4-8-12-14)17(20-2)15(18)13-9-5-3-6-10-13/h3-12H,1-2H3/b17-16+/i3D. The van der Waals surface area contributed by atoms with Crippen LogP contribution in [0.5, 0.6) is 0 Å². The zero-order chi connectivity index (χ0) is 15.2. The number of rotatable bonds is 5. The Bertz CT molecular complexity index is 645. The molecule has 3 nitrogen and oxygen atoms in total. The topological polar surface area (TPSA) is 35.5 Å². The van der Waals surface area contributed by atoms with Crippen molar-refractivity contribution in [3.8, 4) is 0 Å². The first kappa shape index (κ1) is 12.5. The Balaban J connectivity index is 2.47. The minimum absolute atomic E-state index is 0.140. The van der Waals surface area contributed by atoms with Crippen molar-refractivity contribution in [3.63, 3.8) is 0 Å². The van der Waals surface area contributed by atoms with Crippen LogP contribution < -0.4 is 0 Å².